The Labute approximate surface area is 123 Å². The Hall–Kier alpha value is -1.02. The van der Waals surface area contributed by atoms with Crippen LogP contribution in [0.2, 0.25) is 0 Å². The molecule has 0 heterocycles. The zero-order chi connectivity index (χ0) is 14.5. The van der Waals surface area contributed by atoms with Crippen molar-refractivity contribution in [2.45, 2.75) is 46.1 Å². The van der Waals surface area contributed by atoms with Crippen molar-refractivity contribution < 1.29 is 4.74 Å². The van der Waals surface area contributed by atoms with Crippen LogP contribution >= 0.6 is 0 Å². The van der Waals surface area contributed by atoms with E-state index in [9.17, 15) is 0 Å². The van der Waals surface area contributed by atoms with Crippen LogP contribution < -0.4 is 10.1 Å². The minimum absolute atomic E-state index is 0.463. The SMILES string of the molecule is CCNC(c1cccc(OC)c1)C1CCC(C)C(C)C1. The maximum atomic E-state index is 5.38. The van der Waals surface area contributed by atoms with Crippen LogP contribution in [-0.2, 0) is 0 Å². The lowest BCUT2D eigenvalue weighted by Crippen LogP contribution is -2.33. The van der Waals surface area contributed by atoms with Gasteiger partial charge in [0.1, 0.15) is 5.75 Å². The van der Waals surface area contributed by atoms with Gasteiger partial charge < -0.3 is 10.1 Å². The van der Waals surface area contributed by atoms with Gasteiger partial charge in [-0.15, -0.1) is 0 Å². The minimum atomic E-state index is 0.463. The average Bonchev–Trinajstić information content (AvgIpc) is 2.48. The van der Waals surface area contributed by atoms with Gasteiger partial charge in [-0.1, -0.05) is 39.3 Å². The van der Waals surface area contributed by atoms with E-state index in [4.69, 9.17) is 4.74 Å². The van der Waals surface area contributed by atoms with Gasteiger partial charge in [-0.05, 0) is 54.8 Å². The number of benzene rings is 1. The standard InChI is InChI=1S/C18H29NO/c1-5-19-18(15-7-6-8-17(12-15)20-4)16-10-9-13(2)14(3)11-16/h6-8,12-14,16,18-19H,5,9-11H2,1-4H3. The van der Waals surface area contributed by atoms with E-state index >= 15 is 0 Å². The summed E-state index contributed by atoms with van der Waals surface area (Å²) in [5.41, 5.74) is 1.37. The summed E-state index contributed by atoms with van der Waals surface area (Å²) in [7, 11) is 1.74. The number of rotatable bonds is 5. The molecular formula is C18H29NO. The molecule has 1 saturated carbocycles. The van der Waals surface area contributed by atoms with Crippen molar-refractivity contribution >= 4 is 0 Å². The van der Waals surface area contributed by atoms with Crippen LogP contribution in [0.1, 0.15) is 51.6 Å². The fourth-order valence-electron chi connectivity index (χ4n) is 3.50. The maximum Gasteiger partial charge on any atom is 0.119 e. The third kappa shape index (κ3) is 3.54. The second kappa shape index (κ2) is 7.12. The summed E-state index contributed by atoms with van der Waals surface area (Å²) in [6, 6.07) is 9.02. The van der Waals surface area contributed by atoms with Crippen LogP contribution in [0.25, 0.3) is 0 Å². The Morgan fingerprint density at radius 2 is 2.05 bits per heavy atom. The lowest BCUT2D eigenvalue weighted by Gasteiger charge is -2.37. The summed E-state index contributed by atoms with van der Waals surface area (Å²) in [4.78, 5) is 0. The van der Waals surface area contributed by atoms with Crippen molar-refractivity contribution in [3.8, 4) is 5.75 Å². The first-order valence-electron chi connectivity index (χ1n) is 8.03. The molecule has 4 atom stereocenters. The predicted octanol–water partition coefficient (Wildman–Crippen LogP) is 4.42. The fraction of sp³-hybridized carbons (Fsp3) is 0.667. The molecule has 2 nitrogen and oxygen atoms in total. The molecule has 0 aromatic heterocycles. The molecule has 20 heavy (non-hydrogen) atoms. The summed E-state index contributed by atoms with van der Waals surface area (Å²) in [6.07, 6.45) is 4.02. The lowest BCUT2D eigenvalue weighted by molar-refractivity contribution is 0.172. The Balaban J connectivity index is 2.17. The van der Waals surface area contributed by atoms with E-state index in [1.54, 1.807) is 7.11 Å². The van der Waals surface area contributed by atoms with Gasteiger partial charge in [0.15, 0.2) is 0 Å². The first-order valence-corrected chi connectivity index (χ1v) is 8.03. The van der Waals surface area contributed by atoms with Crippen LogP contribution in [-0.4, -0.2) is 13.7 Å². The molecule has 1 aliphatic carbocycles. The van der Waals surface area contributed by atoms with E-state index in [-0.39, 0.29) is 0 Å². The van der Waals surface area contributed by atoms with Gasteiger partial charge in [-0.3, -0.25) is 0 Å². The highest BCUT2D eigenvalue weighted by Gasteiger charge is 2.30. The molecule has 0 radical (unpaired) electrons. The fourth-order valence-corrected chi connectivity index (χ4v) is 3.50. The molecule has 2 heteroatoms. The van der Waals surface area contributed by atoms with Crippen molar-refractivity contribution in [2.24, 2.45) is 17.8 Å². The second-order valence-electron chi connectivity index (χ2n) is 6.34. The molecule has 0 aliphatic heterocycles. The third-order valence-electron chi connectivity index (χ3n) is 4.99. The van der Waals surface area contributed by atoms with Crippen LogP contribution in [0, 0.1) is 17.8 Å². The summed E-state index contributed by atoms with van der Waals surface area (Å²) in [6.45, 7) is 8.02. The number of hydrogen-bond donors (Lipinski definition) is 1. The maximum absolute atomic E-state index is 5.38. The molecule has 2 rings (SSSR count). The van der Waals surface area contributed by atoms with Gasteiger partial charge in [-0.25, -0.2) is 0 Å². The van der Waals surface area contributed by atoms with Gasteiger partial charge >= 0.3 is 0 Å². The zero-order valence-electron chi connectivity index (χ0n) is 13.4. The molecule has 0 saturated heterocycles. The largest absolute Gasteiger partial charge is 0.497 e. The van der Waals surface area contributed by atoms with Crippen LogP contribution in [0.4, 0.5) is 0 Å². The van der Waals surface area contributed by atoms with Gasteiger partial charge in [0.2, 0.25) is 0 Å². The smallest absolute Gasteiger partial charge is 0.119 e. The van der Waals surface area contributed by atoms with Crippen LogP contribution in [0.3, 0.4) is 0 Å². The minimum Gasteiger partial charge on any atom is -0.497 e. The zero-order valence-corrected chi connectivity index (χ0v) is 13.4. The third-order valence-corrected chi connectivity index (χ3v) is 4.99. The van der Waals surface area contributed by atoms with Gasteiger partial charge in [-0.2, -0.15) is 0 Å². The second-order valence-corrected chi connectivity index (χ2v) is 6.34. The molecule has 4 unspecified atom stereocenters. The molecule has 0 bridgehead atoms. The Morgan fingerprint density at radius 1 is 1.25 bits per heavy atom. The van der Waals surface area contributed by atoms with E-state index in [0.29, 0.717) is 6.04 Å². The van der Waals surface area contributed by atoms with E-state index in [2.05, 4.69) is 44.3 Å². The van der Waals surface area contributed by atoms with E-state index < -0.39 is 0 Å². The molecule has 1 fully saturated rings. The molecule has 1 aliphatic rings. The van der Waals surface area contributed by atoms with Crippen LogP contribution in [0.15, 0.2) is 24.3 Å². The molecule has 0 amide bonds. The number of hydrogen-bond acceptors (Lipinski definition) is 2. The van der Waals surface area contributed by atoms with Crippen molar-refractivity contribution in [2.75, 3.05) is 13.7 Å². The number of methoxy groups -OCH3 is 1. The monoisotopic (exact) mass is 275 g/mol. The molecule has 1 N–H and O–H groups in total. The summed E-state index contributed by atoms with van der Waals surface area (Å²) in [5, 5.41) is 3.70. The first-order chi connectivity index (χ1) is 9.65. The van der Waals surface area contributed by atoms with Crippen molar-refractivity contribution in [1.29, 1.82) is 0 Å². The van der Waals surface area contributed by atoms with Crippen molar-refractivity contribution in [3.63, 3.8) is 0 Å². The van der Waals surface area contributed by atoms with Crippen molar-refractivity contribution in [1.82, 2.24) is 5.32 Å². The quantitative estimate of drug-likeness (QED) is 0.859. The topological polar surface area (TPSA) is 21.3 Å². The van der Waals surface area contributed by atoms with Crippen molar-refractivity contribution in [3.05, 3.63) is 29.8 Å². The highest BCUT2D eigenvalue weighted by Crippen LogP contribution is 2.40. The molecule has 112 valence electrons. The summed E-state index contributed by atoms with van der Waals surface area (Å²) < 4.78 is 5.38. The Morgan fingerprint density at radius 3 is 2.70 bits per heavy atom. The molecule has 1 aromatic rings. The highest BCUT2D eigenvalue weighted by molar-refractivity contribution is 5.31. The van der Waals surface area contributed by atoms with E-state index in [0.717, 1.165) is 30.0 Å². The van der Waals surface area contributed by atoms with Gasteiger partial charge in [0.05, 0.1) is 7.11 Å². The molecule has 1 aromatic carbocycles. The summed E-state index contributed by atoms with van der Waals surface area (Å²) >= 11 is 0. The Bertz CT molecular complexity index is 418. The summed E-state index contributed by atoms with van der Waals surface area (Å²) in [5.74, 6) is 3.41. The van der Waals surface area contributed by atoms with Gasteiger partial charge in [0.25, 0.3) is 0 Å². The molecular weight excluding hydrogens is 246 g/mol. The highest BCUT2D eigenvalue weighted by atomic mass is 16.5. The Kier molecular flexibility index (Phi) is 5.47. The predicted molar refractivity (Wildman–Crippen MR) is 85.1 cm³/mol. The lowest BCUT2D eigenvalue weighted by atomic mass is 9.72. The normalized spacial score (nSPS) is 28.1. The first kappa shape index (κ1) is 15.4. The number of nitrogens with one attached hydrogen (secondary N) is 1. The van der Waals surface area contributed by atoms with E-state index in [1.807, 2.05) is 6.07 Å². The molecule has 0 spiro atoms. The van der Waals surface area contributed by atoms with E-state index in [1.165, 1.54) is 24.8 Å². The average molecular weight is 275 g/mol. The van der Waals surface area contributed by atoms with Crippen LogP contribution in [0.5, 0.6) is 5.75 Å². The van der Waals surface area contributed by atoms with Gasteiger partial charge in [0, 0.05) is 6.04 Å². The number of ether oxygens (including phenoxy) is 1.